The lowest BCUT2D eigenvalue weighted by molar-refractivity contribution is 0.534. The summed E-state index contributed by atoms with van der Waals surface area (Å²) in [7, 11) is 3.68. The van der Waals surface area contributed by atoms with Gasteiger partial charge in [0.2, 0.25) is 0 Å². The molecule has 0 saturated carbocycles. The number of fused-ring (bicyclic) bond motifs is 1. The van der Waals surface area contributed by atoms with Crippen molar-refractivity contribution in [3.05, 3.63) is 53.5 Å². The molecule has 23 heavy (non-hydrogen) atoms. The van der Waals surface area contributed by atoms with E-state index in [-0.39, 0.29) is 0 Å². The summed E-state index contributed by atoms with van der Waals surface area (Å²) in [6.45, 7) is 3.33. The lowest BCUT2D eigenvalue weighted by Gasteiger charge is -2.11. The third-order valence-corrected chi connectivity index (χ3v) is 3.94. The topological polar surface area (TPSA) is 67.4 Å². The Morgan fingerprint density at radius 2 is 2.00 bits per heavy atom. The van der Waals surface area contributed by atoms with Crippen molar-refractivity contribution in [1.82, 2.24) is 20.4 Å². The minimum atomic E-state index is 0.589. The number of hydrogen-bond acceptors (Lipinski definition) is 3. The molecule has 0 bridgehead atoms. The molecule has 0 aliphatic heterocycles. The number of nitrogens with zero attached hydrogens (tertiary/aromatic N) is 3. The highest BCUT2D eigenvalue weighted by atomic mass is 16.3. The third-order valence-electron chi connectivity index (χ3n) is 3.94. The van der Waals surface area contributed by atoms with E-state index < -0.39 is 0 Å². The molecule has 2 N–H and O–H groups in total. The molecule has 0 fully saturated rings. The highest BCUT2D eigenvalue weighted by molar-refractivity contribution is 5.82. The normalized spacial score (nSPS) is 11.9. The van der Waals surface area contributed by atoms with E-state index in [0.29, 0.717) is 13.1 Å². The first-order valence-electron chi connectivity index (χ1n) is 7.57. The lowest BCUT2D eigenvalue weighted by Crippen LogP contribution is -2.36. The van der Waals surface area contributed by atoms with E-state index in [4.69, 9.17) is 4.42 Å². The van der Waals surface area contributed by atoms with Gasteiger partial charge in [0.1, 0.15) is 11.3 Å². The van der Waals surface area contributed by atoms with E-state index in [1.165, 1.54) is 0 Å². The highest BCUT2D eigenvalue weighted by Crippen LogP contribution is 2.24. The number of para-hydroxylation sites is 1. The van der Waals surface area contributed by atoms with Crippen LogP contribution in [0.15, 0.2) is 45.9 Å². The fourth-order valence-electron chi connectivity index (χ4n) is 2.53. The summed E-state index contributed by atoms with van der Waals surface area (Å²) in [5.74, 6) is 1.65. The summed E-state index contributed by atoms with van der Waals surface area (Å²) in [5.41, 5.74) is 3.17. The molecule has 0 unspecified atom stereocenters. The Bertz CT molecular complexity index is 830. The fourth-order valence-corrected chi connectivity index (χ4v) is 2.53. The number of aryl methyl sites for hydroxylation is 2. The molecule has 6 nitrogen and oxygen atoms in total. The molecular weight excluding hydrogens is 290 g/mol. The molecule has 3 rings (SSSR count). The van der Waals surface area contributed by atoms with E-state index in [1.54, 1.807) is 13.2 Å². The Hall–Kier alpha value is -2.76. The first-order chi connectivity index (χ1) is 11.2. The van der Waals surface area contributed by atoms with Gasteiger partial charge in [-0.2, -0.15) is 5.10 Å². The third kappa shape index (κ3) is 3.21. The summed E-state index contributed by atoms with van der Waals surface area (Å²) >= 11 is 0. The van der Waals surface area contributed by atoms with Crippen LogP contribution in [0.2, 0.25) is 0 Å². The molecule has 0 spiro atoms. The number of furan rings is 1. The summed E-state index contributed by atoms with van der Waals surface area (Å²) < 4.78 is 7.74. The van der Waals surface area contributed by atoms with Gasteiger partial charge in [-0.1, -0.05) is 18.2 Å². The summed E-state index contributed by atoms with van der Waals surface area (Å²) in [5, 5.41) is 11.9. The second-order valence-electron chi connectivity index (χ2n) is 5.37. The van der Waals surface area contributed by atoms with Gasteiger partial charge >= 0.3 is 0 Å². The van der Waals surface area contributed by atoms with Crippen LogP contribution in [0.4, 0.5) is 0 Å². The van der Waals surface area contributed by atoms with E-state index in [1.807, 2.05) is 36.0 Å². The molecule has 2 aromatic heterocycles. The summed E-state index contributed by atoms with van der Waals surface area (Å²) in [4.78, 5) is 4.24. The Labute approximate surface area is 135 Å². The second kappa shape index (κ2) is 6.56. The maximum atomic E-state index is 5.90. The highest BCUT2D eigenvalue weighted by Gasteiger charge is 2.10. The van der Waals surface area contributed by atoms with Crippen LogP contribution in [-0.4, -0.2) is 22.8 Å². The van der Waals surface area contributed by atoms with Gasteiger partial charge < -0.3 is 15.1 Å². The van der Waals surface area contributed by atoms with E-state index >= 15 is 0 Å². The first kappa shape index (κ1) is 15.1. The molecule has 3 aromatic rings. The van der Waals surface area contributed by atoms with Crippen LogP contribution in [0, 0.1) is 6.92 Å². The molecule has 1 aromatic carbocycles. The zero-order valence-corrected chi connectivity index (χ0v) is 13.6. The molecule has 0 saturated heterocycles. The van der Waals surface area contributed by atoms with Gasteiger partial charge in [-0.15, -0.1) is 0 Å². The van der Waals surface area contributed by atoms with Crippen molar-refractivity contribution in [2.24, 2.45) is 12.0 Å². The Kier molecular flexibility index (Phi) is 4.32. The Balaban J connectivity index is 1.63. The molecule has 0 aliphatic rings. The summed E-state index contributed by atoms with van der Waals surface area (Å²) in [6, 6.07) is 10.0. The average Bonchev–Trinajstić information content (AvgIpc) is 3.12. The van der Waals surface area contributed by atoms with Crippen molar-refractivity contribution in [3.63, 3.8) is 0 Å². The quantitative estimate of drug-likeness (QED) is 0.573. The molecule has 0 atom stereocenters. The zero-order valence-electron chi connectivity index (χ0n) is 13.6. The number of aromatic nitrogens is 2. The van der Waals surface area contributed by atoms with Crippen LogP contribution in [0.3, 0.4) is 0 Å². The second-order valence-corrected chi connectivity index (χ2v) is 5.37. The van der Waals surface area contributed by atoms with Crippen molar-refractivity contribution in [2.75, 3.05) is 7.05 Å². The number of benzene rings is 1. The summed E-state index contributed by atoms with van der Waals surface area (Å²) in [6.07, 6.45) is 1.78. The number of aliphatic imine (C=N–C) groups is 1. The van der Waals surface area contributed by atoms with Crippen molar-refractivity contribution < 1.29 is 4.42 Å². The van der Waals surface area contributed by atoms with Crippen molar-refractivity contribution in [1.29, 1.82) is 0 Å². The maximum absolute atomic E-state index is 5.90. The molecule has 0 aliphatic carbocycles. The van der Waals surface area contributed by atoms with Crippen LogP contribution >= 0.6 is 0 Å². The molecular formula is C17H21N5O. The van der Waals surface area contributed by atoms with Crippen molar-refractivity contribution in [2.45, 2.75) is 20.0 Å². The minimum Gasteiger partial charge on any atom is -0.459 e. The zero-order chi connectivity index (χ0) is 16.2. The van der Waals surface area contributed by atoms with Gasteiger partial charge in [0.25, 0.3) is 0 Å². The molecule has 120 valence electrons. The van der Waals surface area contributed by atoms with Gasteiger partial charge in [0, 0.05) is 31.2 Å². The van der Waals surface area contributed by atoms with Crippen LogP contribution in [-0.2, 0) is 20.1 Å². The SMILES string of the molecule is CN=C(NCc1oc2ccccc2c1C)NCc1ccnn1C. The van der Waals surface area contributed by atoms with Crippen molar-refractivity contribution >= 4 is 16.9 Å². The monoisotopic (exact) mass is 311 g/mol. The first-order valence-corrected chi connectivity index (χ1v) is 7.57. The number of hydrogen-bond donors (Lipinski definition) is 2. The molecule has 2 heterocycles. The van der Waals surface area contributed by atoms with Gasteiger partial charge in [-0.3, -0.25) is 9.67 Å². The average molecular weight is 311 g/mol. The number of guanidine groups is 1. The van der Waals surface area contributed by atoms with Gasteiger partial charge in [0.05, 0.1) is 18.8 Å². The van der Waals surface area contributed by atoms with Crippen molar-refractivity contribution in [3.8, 4) is 0 Å². The number of nitrogens with one attached hydrogen (secondary N) is 2. The van der Waals surface area contributed by atoms with E-state index in [0.717, 1.165) is 33.9 Å². The van der Waals surface area contributed by atoms with Crippen LogP contribution in [0.5, 0.6) is 0 Å². The van der Waals surface area contributed by atoms with Gasteiger partial charge in [0.15, 0.2) is 5.96 Å². The minimum absolute atomic E-state index is 0.589. The Morgan fingerprint density at radius 1 is 1.22 bits per heavy atom. The smallest absolute Gasteiger partial charge is 0.191 e. The Morgan fingerprint density at radius 3 is 2.70 bits per heavy atom. The van der Waals surface area contributed by atoms with E-state index in [9.17, 15) is 0 Å². The predicted molar refractivity (Wildman–Crippen MR) is 91.2 cm³/mol. The van der Waals surface area contributed by atoms with Crippen LogP contribution < -0.4 is 10.6 Å². The number of rotatable bonds is 4. The van der Waals surface area contributed by atoms with Crippen LogP contribution in [0.1, 0.15) is 17.0 Å². The fraction of sp³-hybridized carbons (Fsp3) is 0.294. The standard InChI is InChI=1S/C17H21N5O/c1-12-14-6-4-5-7-15(14)23-16(12)11-20-17(18-2)19-10-13-8-9-21-22(13)3/h4-9H,10-11H2,1-3H3,(H2,18,19,20). The van der Waals surface area contributed by atoms with Gasteiger partial charge in [-0.25, -0.2) is 0 Å². The molecule has 0 amide bonds. The van der Waals surface area contributed by atoms with E-state index in [2.05, 4.69) is 33.7 Å². The predicted octanol–water partition coefficient (Wildman–Crippen LogP) is 2.34. The van der Waals surface area contributed by atoms with Gasteiger partial charge in [-0.05, 0) is 19.1 Å². The van der Waals surface area contributed by atoms with Crippen LogP contribution in [0.25, 0.3) is 11.0 Å². The largest absolute Gasteiger partial charge is 0.459 e. The lowest BCUT2D eigenvalue weighted by atomic mass is 10.1. The molecule has 0 radical (unpaired) electrons. The maximum Gasteiger partial charge on any atom is 0.191 e. The molecule has 6 heteroatoms.